The number of benzene rings is 1. The van der Waals surface area contributed by atoms with E-state index >= 15 is 0 Å². The lowest BCUT2D eigenvalue weighted by Crippen LogP contribution is -2.16. The van der Waals surface area contributed by atoms with Crippen molar-refractivity contribution in [3.8, 4) is 11.4 Å². The molecule has 0 aliphatic carbocycles. The zero-order valence-electron chi connectivity index (χ0n) is 11.3. The molecule has 2 aromatic rings. The molecular weight excluding hydrogens is 282 g/mol. The molecule has 0 saturated carbocycles. The van der Waals surface area contributed by atoms with Crippen LogP contribution in [-0.4, -0.2) is 31.3 Å². The fourth-order valence-electron chi connectivity index (χ4n) is 2.02. The summed E-state index contributed by atoms with van der Waals surface area (Å²) in [5.74, 6) is -2.39. The molecule has 0 amide bonds. The first-order valence-electron chi connectivity index (χ1n) is 6.44. The van der Waals surface area contributed by atoms with Crippen LogP contribution in [0.2, 0.25) is 0 Å². The van der Waals surface area contributed by atoms with Crippen molar-refractivity contribution in [2.24, 2.45) is 5.92 Å². The van der Waals surface area contributed by atoms with Gasteiger partial charge in [0.2, 0.25) is 0 Å². The quantitative estimate of drug-likeness (QED) is 0.883. The average molecular weight is 296 g/mol. The topological polar surface area (TPSA) is 80.9 Å². The Labute approximate surface area is 119 Å². The summed E-state index contributed by atoms with van der Waals surface area (Å²) in [5, 5.41) is 19.8. The van der Waals surface area contributed by atoms with Gasteiger partial charge in [0.1, 0.15) is 11.6 Å². The molecule has 112 valence electrons. The molecule has 2 rings (SSSR count). The molecule has 1 atom stereocenters. The Hall–Kier alpha value is -2.38. The summed E-state index contributed by atoms with van der Waals surface area (Å²) in [6.45, 7) is 2.11. The smallest absolute Gasteiger partial charge is 0.303 e. The van der Waals surface area contributed by atoms with Gasteiger partial charge in [0, 0.05) is 19.0 Å². The van der Waals surface area contributed by atoms with Gasteiger partial charge in [0.15, 0.2) is 5.82 Å². The molecule has 0 radical (unpaired) electrons. The maximum atomic E-state index is 13.8. The van der Waals surface area contributed by atoms with Crippen LogP contribution in [0, 0.1) is 17.6 Å². The van der Waals surface area contributed by atoms with E-state index in [9.17, 15) is 13.6 Å². The van der Waals surface area contributed by atoms with E-state index in [2.05, 4.69) is 15.5 Å². The van der Waals surface area contributed by atoms with Crippen LogP contribution in [0.1, 0.15) is 19.8 Å². The van der Waals surface area contributed by atoms with Crippen molar-refractivity contribution in [2.45, 2.75) is 26.3 Å². The number of nitrogens with zero attached hydrogens (tertiary/aromatic N) is 4. The summed E-state index contributed by atoms with van der Waals surface area (Å²) in [7, 11) is 0. The molecule has 0 fully saturated rings. The number of carbonyl (C=O) groups is 1. The van der Waals surface area contributed by atoms with Gasteiger partial charge in [-0.2, -0.15) is 0 Å². The maximum Gasteiger partial charge on any atom is 0.303 e. The van der Waals surface area contributed by atoms with E-state index in [0.29, 0.717) is 6.42 Å². The third kappa shape index (κ3) is 3.59. The molecule has 1 aromatic carbocycles. The van der Waals surface area contributed by atoms with Crippen molar-refractivity contribution in [1.82, 2.24) is 20.2 Å². The molecular formula is C13H14F2N4O2. The molecule has 1 heterocycles. The minimum atomic E-state index is -0.913. The SMILES string of the molecule is CCC(CC(=O)O)Cn1nnnc1-c1ccc(F)cc1F. The summed E-state index contributed by atoms with van der Waals surface area (Å²) >= 11 is 0. The van der Waals surface area contributed by atoms with Gasteiger partial charge < -0.3 is 5.11 Å². The van der Waals surface area contributed by atoms with Gasteiger partial charge >= 0.3 is 5.97 Å². The molecule has 21 heavy (non-hydrogen) atoms. The molecule has 0 aliphatic heterocycles. The lowest BCUT2D eigenvalue weighted by Gasteiger charge is -2.13. The minimum absolute atomic E-state index is 0.0261. The molecule has 8 heteroatoms. The Balaban J connectivity index is 2.27. The molecule has 1 aromatic heterocycles. The minimum Gasteiger partial charge on any atom is -0.481 e. The Morgan fingerprint density at radius 1 is 1.43 bits per heavy atom. The van der Waals surface area contributed by atoms with Gasteiger partial charge in [0.05, 0.1) is 5.56 Å². The van der Waals surface area contributed by atoms with E-state index in [-0.39, 0.29) is 30.3 Å². The number of hydrogen-bond acceptors (Lipinski definition) is 4. The molecule has 0 spiro atoms. The standard InChI is InChI=1S/C13H14F2N4O2/c1-2-8(5-12(20)21)7-19-13(16-17-18-19)10-4-3-9(14)6-11(10)15/h3-4,6,8H,2,5,7H2,1H3,(H,20,21). The number of halogens is 2. The molecule has 1 N–H and O–H groups in total. The Morgan fingerprint density at radius 2 is 2.19 bits per heavy atom. The van der Waals surface area contributed by atoms with Crippen LogP contribution < -0.4 is 0 Å². The molecule has 0 aliphatic rings. The summed E-state index contributed by atoms with van der Waals surface area (Å²) < 4.78 is 28.1. The number of carboxylic acid groups (broad SMARTS) is 1. The highest BCUT2D eigenvalue weighted by Gasteiger charge is 2.18. The third-order valence-corrected chi connectivity index (χ3v) is 3.18. The number of rotatable bonds is 6. The lowest BCUT2D eigenvalue weighted by atomic mass is 10.0. The maximum absolute atomic E-state index is 13.8. The van der Waals surface area contributed by atoms with E-state index in [1.54, 1.807) is 0 Å². The van der Waals surface area contributed by atoms with Crippen LogP contribution in [-0.2, 0) is 11.3 Å². The van der Waals surface area contributed by atoms with Crippen molar-refractivity contribution < 1.29 is 18.7 Å². The van der Waals surface area contributed by atoms with Crippen molar-refractivity contribution in [3.05, 3.63) is 29.8 Å². The van der Waals surface area contributed by atoms with E-state index in [1.807, 2.05) is 6.92 Å². The summed E-state index contributed by atoms with van der Waals surface area (Å²) in [5.41, 5.74) is 0.0755. The number of carboxylic acids is 1. The van der Waals surface area contributed by atoms with Crippen LogP contribution in [0.5, 0.6) is 0 Å². The number of hydrogen-bond donors (Lipinski definition) is 1. The Kier molecular flexibility index (Phi) is 4.56. The zero-order chi connectivity index (χ0) is 15.4. The fraction of sp³-hybridized carbons (Fsp3) is 0.385. The fourth-order valence-corrected chi connectivity index (χ4v) is 2.02. The number of aromatic nitrogens is 4. The summed E-state index contributed by atoms with van der Waals surface area (Å²) in [6, 6.07) is 3.12. The molecule has 1 unspecified atom stereocenters. The van der Waals surface area contributed by atoms with E-state index in [1.165, 1.54) is 10.7 Å². The van der Waals surface area contributed by atoms with Crippen molar-refractivity contribution in [1.29, 1.82) is 0 Å². The monoisotopic (exact) mass is 296 g/mol. The van der Waals surface area contributed by atoms with E-state index in [4.69, 9.17) is 5.11 Å². The predicted molar refractivity (Wildman–Crippen MR) is 69.2 cm³/mol. The van der Waals surface area contributed by atoms with Crippen LogP contribution in [0.25, 0.3) is 11.4 Å². The second-order valence-electron chi connectivity index (χ2n) is 4.68. The number of aliphatic carboxylic acids is 1. The molecule has 0 saturated heterocycles. The predicted octanol–water partition coefficient (Wildman–Crippen LogP) is 2.12. The summed E-state index contributed by atoms with van der Waals surface area (Å²) in [6.07, 6.45) is 0.596. The van der Waals surface area contributed by atoms with Gasteiger partial charge in [-0.1, -0.05) is 13.3 Å². The lowest BCUT2D eigenvalue weighted by molar-refractivity contribution is -0.138. The van der Waals surface area contributed by atoms with Crippen LogP contribution in [0.15, 0.2) is 18.2 Å². The first kappa shape index (κ1) is 15.0. The first-order chi connectivity index (χ1) is 10.0. The van der Waals surface area contributed by atoms with Crippen molar-refractivity contribution in [2.75, 3.05) is 0 Å². The van der Waals surface area contributed by atoms with Crippen molar-refractivity contribution >= 4 is 5.97 Å². The van der Waals surface area contributed by atoms with Gasteiger partial charge in [-0.05, 0) is 28.5 Å². The van der Waals surface area contributed by atoms with Gasteiger partial charge in [0.25, 0.3) is 0 Å². The highest BCUT2D eigenvalue weighted by atomic mass is 19.1. The second kappa shape index (κ2) is 6.38. The summed E-state index contributed by atoms with van der Waals surface area (Å²) in [4.78, 5) is 10.8. The largest absolute Gasteiger partial charge is 0.481 e. The van der Waals surface area contributed by atoms with Crippen LogP contribution in [0.3, 0.4) is 0 Å². The molecule has 0 bridgehead atoms. The van der Waals surface area contributed by atoms with Gasteiger partial charge in [-0.25, -0.2) is 13.5 Å². The molecule has 6 nitrogen and oxygen atoms in total. The highest BCUT2D eigenvalue weighted by Crippen LogP contribution is 2.22. The Bertz CT molecular complexity index is 645. The highest BCUT2D eigenvalue weighted by molar-refractivity contribution is 5.67. The number of tetrazole rings is 1. The van der Waals surface area contributed by atoms with Gasteiger partial charge in [-0.3, -0.25) is 4.79 Å². The van der Waals surface area contributed by atoms with Crippen LogP contribution in [0.4, 0.5) is 8.78 Å². The normalized spacial score (nSPS) is 12.3. The van der Waals surface area contributed by atoms with E-state index in [0.717, 1.165) is 12.1 Å². The van der Waals surface area contributed by atoms with Gasteiger partial charge in [-0.15, -0.1) is 5.10 Å². The first-order valence-corrected chi connectivity index (χ1v) is 6.44. The second-order valence-corrected chi connectivity index (χ2v) is 4.68. The third-order valence-electron chi connectivity index (χ3n) is 3.18. The van der Waals surface area contributed by atoms with Crippen molar-refractivity contribution in [3.63, 3.8) is 0 Å². The zero-order valence-corrected chi connectivity index (χ0v) is 11.3. The van der Waals surface area contributed by atoms with Crippen LogP contribution >= 0.6 is 0 Å². The average Bonchev–Trinajstić information content (AvgIpc) is 2.85. The Morgan fingerprint density at radius 3 is 2.81 bits per heavy atom. The van der Waals surface area contributed by atoms with E-state index < -0.39 is 17.6 Å².